The molecule has 0 saturated carbocycles. The van der Waals surface area contributed by atoms with Gasteiger partial charge in [0.25, 0.3) is 10.0 Å². The average Bonchev–Trinajstić information content (AvgIpc) is 2.89. The maximum absolute atomic E-state index is 13.6. The van der Waals surface area contributed by atoms with E-state index in [0.717, 1.165) is 27.8 Å². The number of aryl methyl sites for hydroxylation is 1. The lowest BCUT2D eigenvalue weighted by atomic mass is 10.1. The Morgan fingerprint density at radius 1 is 0.974 bits per heavy atom. The van der Waals surface area contributed by atoms with Gasteiger partial charge in [-0.25, -0.2) is 12.8 Å². The zero-order valence-corrected chi connectivity index (χ0v) is 22.8. The minimum Gasteiger partial charge on any atom is -0.493 e. The second-order valence-electron chi connectivity index (χ2n) is 8.77. The number of hydrogen-bond donors (Lipinski definition) is 1. The molecule has 3 rings (SSSR count). The zero-order chi connectivity index (χ0) is 27.7. The topological polar surface area (TPSA) is 94.2 Å². The van der Waals surface area contributed by atoms with Gasteiger partial charge in [-0.2, -0.15) is 0 Å². The molecular formula is C28H33FN2O6S. The molecule has 0 heterocycles. The number of methoxy groups -OCH3 is 2. The van der Waals surface area contributed by atoms with Crippen LogP contribution in [0.4, 0.5) is 10.1 Å². The fourth-order valence-electron chi connectivity index (χ4n) is 3.78. The van der Waals surface area contributed by atoms with Gasteiger partial charge in [0.05, 0.1) is 30.9 Å². The highest BCUT2D eigenvalue weighted by Gasteiger charge is 2.28. The number of anilines is 1. The standard InChI is InChI=1S/C28H33FN2O6S/c1-20(2)37-24-9-5-7-21(17-24)8-6-16-30-28(32)19-31(23-12-10-22(29)11-13-23)38(33,34)25-14-15-26(35-3)27(18-25)36-4/h5,7,9-15,17-18,20H,6,8,16,19H2,1-4H3,(H,30,32). The molecule has 1 N–H and O–H groups in total. The Hall–Kier alpha value is -3.79. The van der Waals surface area contributed by atoms with E-state index < -0.39 is 28.3 Å². The van der Waals surface area contributed by atoms with Crippen molar-refractivity contribution in [2.24, 2.45) is 0 Å². The summed E-state index contributed by atoms with van der Waals surface area (Å²) >= 11 is 0. The third kappa shape index (κ3) is 7.61. The van der Waals surface area contributed by atoms with Crippen LogP contribution in [0.5, 0.6) is 17.2 Å². The van der Waals surface area contributed by atoms with Crippen LogP contribution in [-0.4, -0.2) is 47.7 Å². The zero-order valence-electron chi connectivity index (χ0n) is 21.9. The number of ether oxygens (including phenoxy) is 3. The highest BCUT2D eigenvalue weighted by molar-refractivity contribution is 7.92. The van der Waals surface area contributed by atoms with E-state index in [4.69, 9.17) is 14.2 Å². The summed E-state index contributed by atoms with van der Waals surface area (Å²) in [6.45, 7) is 3.79. The molecule has 0 bridgehead atoms. The van der Waals surface area contributed by atoms with E-state index in [9.17, 15) is 17.6 Å². The first kappa shape index (κ1) is 28.8. The van der Waals surface area contributed by atoms with Crippen molar-refractivity contribution in [3.05, 3.63) is 78.1 Å². The molecule has 0 aliphatic heterocycles. The largest absolute Gasteiger partial charge is 0.493 e. The molecular weight excluding hydrogens is 511 g/mol. The predicted molar refractivity (Wildman–Crippen MR) is 144 cm³/mol. The molecule has 204 valence electrons. The number of benzene rings is 3. The monoisotopic (exact) mass is 544 g/mol. The maximum Gasteiger partial charge on any atom is 0.264 e. The fourth-order valence-corrected chi connectivity index (χ4v) is 5.22. The van der Waals surface area contributed by atoms with Crippen LogP contribution in [0.25, 0.3) is 0 Å². The highest BCUT2D eigenvalue weighted by Crippen LogP contribution is 2.32. The third-order valence-electron chi connectivity index (χ3n) is 5.58. The van der Waals surface area contributed by atoms with Crippen molar-refractivity contribution in [1.82, 2.24) is 5.32 Å². The smallest absolute Gasteiger partial charge is 0.264 e. The molecule has 0 spiro atoms. The van der Waals surface area contributed by atoms with Crippen molar-refractivity contribution in [3.63, 3.8) is 0 Å². The van der Waals surface area contributed by atoms with E-state index in [2.05, 4.69) is 5.32 Å². The second kappa shape index (κ2) is 13.1. The third-order valence-corrected chi connectivity index (χ3v) is 7.35. The van der Waals surface area contributed by atoms with Gasteiger partial charge >= 0.3 is 0 Å². The van der Waals surface area contributed by atoms with Crippen molar-refractivity contribution in [2.75, 3.05) is 31.6 Å². The summed E-state index contributed by atoms with van der Waals surface area (Å²) in [6, 6.07) is 16.8. The summed E-state index contributed by atoms with van der Waals surface area (Å²) < 4.78 is 57.8. The van der Waals surface area contributed by atoms with Crippen LogP contribution in [0.15, 0.2) is 71.6 Å². The van der Waals surface area contributed by atoms with Gasteiger partial charge in [0.2, 0.25) is 5.91 Å². The maximum atomic E-state index is 13.6. The van der Waals surface area contributed by atoms with Crippen LogP contribution in [0.2, 0.25) is 0 Å². The van der Waals surface area contributed by atoms with Gasteiger partial charge in [0.15, 0.2) is 11.5 Å². The Labute approximate surface area is 223 Å². The first-order valence-electron chi connectivity index (χ1n) is 12.2. The summed E-state index contributed by atoms with van der Waals surface area (Å²) in [7, 11) is -1.37. The average molecular weight is 545 g/mol. The molecule has 10 heteroatoms. The highest BCUT2D eigenvalue weighted by atomic mass is 32.2. The number of carbonyl (C=O) groups excluding carboxylic acids is 1. The number of nitrogens with one attached hydrogen (secondary N) is 1. The number of carbonyl (C=O) groups is 1. The molecule has 3 aromatic carbocycles. The van der Waals surface area contributed by atoms with Crippen LogP contribution >= 0.6 is 0 Å². The Morgan fingerprint density at radius 2 is 1.68 bits per heavy atom. The quantitative estimate of drug-likeness (QED) is 0.317. The summed E-state index contributed by atoms with van der Waals surface area (Å²) in [5.41, 5.74) is 1.22. The Morgan fingerprint density at radius 3 is 2.34 bits per heavy atom. The van der Waals surface area contributed by atoms with Crippen LogP contribution < -0.4 is 23.8 Å². The Kier molecular flexibility index (Phi) is 9.95. The number of sulfonamides is 1. The van der Waals surface area contributed by atoms with E-state index in [1.54, 1.807) is 0 Å². The van der Waals surface area contributed by atoms with E-state index in [0.29, 0.717) is 25.1 Å². The number of halogens is 1. The summed E-state index contributed by atoms with van der Waals surface area (Å²) in [6.07, 6.45) is 1.43. The number of amides is 1. The molecule has 8 nitrogen and oxygen atoms in total. The van der Waals surface area contributed by atoms with Gasteiger partial charge in [-0.15, -0.1) is 0 Å². The van der Waals surface area contributed by atoms with Crippen LogP contribution in [-0.2, 0) is 21.2 Å². The van der Waals surface area contributed by atoms with E-state index in [1.807, 2.05) is 38.1 Å². The van der Waals surface area contributed by atoms with Gasteiger partial charge < -0.3 is 19.5 Å². The SMILES string of the molecule is COc1ccc(S(=O)(=O)N(CC(=O)NCCCc2cccc(OC(C)C)c2)c2ccc(F)cc2)cc1OC. The predicted octanol–water partition coefficient (Wildman–Crippen LogP) is 4.57. The summed E-state index contributed by atoms with van der Waals surface area (Å²) in [5, 5.41) is 2.78. The van der Waals surface area contributed by atoms with Crippen LogP contribution in [0, 0.1) is 5.82 Å². The number of nitrogens with zero attached hydrogens (tertiary/aromatic N) is 1. The van der Waals surface area contributed by atoms with E-state index in [1.165, 1.54) is 44.6 Å². The van der Waals surface area contributed by atoms with Gasteiger partial charge in [0.1, 0.15) is 18.1 Å². The molecule has 0 atom stereocenters. The van der Waals surface area contributed by atoms with Crippen molar-refractivity contribution < 1.29 is 31.8 Å². The fraction of sp³-hybridized carbons (Fsp3) is 0.321. The van der Waals surface area contributed by atoms with Gasteiger partial charge in [0, 0.05) is 12.6 Å². The molecule has 0 radical (unpaired) electrons. The molecule has 38 heavy (non-hydrogen) atoms. The van der Waals surface area contributed by atoms with Crippen molar-refractivity contribution in [1.29, 1.82) is 0 Å². The first-order valence-corrected chi connectivity index (χ1v) is 13.6. The molecule has 0 aromatic heterocycles. The lowest BCUT2D eigenvalue weighted by molar-refractivity contribution is -0.119. The molecule has 3 aromatic rings. The molecule has 0 aliphatic rings. The minimum atomic E-state index is -4.21. The van der Waals surface area contributed by atoms with Gasteiger partial charge in [-0.05, 0) is 80.8 Å². The molecule has 0 fully saturated rings. The lowest BCUT2D eigenvalue weighted by Crippen LogP contribution is -2.41. The first-order chi connectivity index (χ1) is 18.1. The number of hydrogen-bond acceptors (Lipinski definition) is 6. The van der Waals surface area contributed by atoms with Crippen LogP contribution in [0.1, 0.15) is 25.8 Å². The molecule has 0 saturated heterocycles. The summed E-state index contributed by atoms with van der Waals surface area (Å²) in [4.78, 5) is 12.7. The van der Waals surface area contributed by atoms with Crippen molar-refractivity contribution in [2.45, 2.75) is 37.7 Å². The van der Waals surface area contributed by atoms with Crippen molar-refractivity contribution in [3.8, 4) is 17.2 Å². The van der Waals surface area contributed by atoms with Gasteiger partial charge in [-0.1, -0.05) is 12.1 Å². The Bertz CT molecular complexity index is 1330. The second-order valence-corrected chi connectivity index (χ2v) is 10.6. The molecule has 0 unspecified atom stereocenters. The Balaban J connectivity index is 1.71. The minimum absolute atomic E-state index is 0.0730. The molecule has 0 aliphatic carbocycles. The molecule has 1 amide bonds. The van der Waals surface area contributed by atoms with Gasteiger partial charge in [-0.3, -0.25) is 9.10 Å². The summed E-state index contributed by atoms with van der Waals surface area (Å²) in [5.74, 6) is 0.357. The number of rotatable bonds is 13. The van der Waals surface area contributed by atoms with Crippen molar-refractivity contribution >= 4 is 21.6 Å². The van der Waals surface area contributed by atoms with E-state index in [-0.39, 0.29) is 22.4 Å². The van der Waals surface area contributed by atoms with E-state index >= 15 is 0 Å². The van der Waals surface area contributed by atoms with Crippen LogP contribution in [0.3, 0.4) is 0 Å². The lowest BCUT2D eigenvalue weighted by Gasteiger charge is -2.24. The normalized spacial score (nSPS) is 11.2.